The lowest BCUT2D eigenvalue weighted by Gasteiger charge is -2.44. The van der Waals surface area contributed by atoms with Crippen LogP contribution in [0.2, 0.25) is 0 Å². The van der Waals surface area contributed by atoms with E-state index >= 15 is 0 Å². The van der Waals surface area contributed by atoms with E-state index in [-0.39, 0.29) is 17.2 Å². The first kappa shape index (κ1) is 22.1. The van der Waals surface area contributed by atoms with Crippen molar-refractivity contribution < 1.29 is 18.0 Å². The number of sulfone groups is 1. The van der Waals surface area contributed by atoms with E-state index in [1.165, 1.54) is 16.9 Å². The Morgan fingerprint density at radius 2 is 2.00 bits per heavy atom. The maximum atomic E-state index is 12.4. The van der Waals surface area contributed by atoms with Crippen LogP contribution < -0.4 is 10.6 Å². The van der Waals surface area contributed by atoms with E-state index in [4.69, 9.17) is 5.73 Å². The second-order valence-corrected chi connectivity index (χ2v) is 10.9. The van der Waals surface area contributed by atoms with E-state index in [1.807, 2.05) is 37.4 Å². The molecule has 4 rings (SSSR count). The molecule has 1 aromatic carbocycles. The van der Waals surface area contributed by atoms with Gasteiger partial charge in [0.1, 0.15) is 0 Å². The molecule has 0 radical (unpaired) electrons. The molecule has 170 valence electrons. The summed E-state index contributed by atoms with van der Waals surface area (Å²) in [5, 5.41) is 0.502. The van der Waals surface area contributed by atoms with Crippen LogP contribution in [0.25, 0.3) is 16.5 Å². The Morgan fingerprint density at radius 3 is 2.56 bits per heavy atom. The van der Waals surface area contributed by atoms with Gasteiger partial charge in [0.25, 0.3) is 0 Å². The normalized spacial score (nSPS) is 19.4. The van der Waals surface area contributed by atoms with Gasteiger partial charge in [-0.15, -0.1) is 0 Å². The van der Waals surface area contributed by atoms with Gasteiger partial charge in [0.2, 0.25) is 5.91 Å². The fraction of sp³-hybridized carbons (Fsp3) is 0.391. The smallest absolute Gasteiger partial charge is 0.323 e. The number of benzene rings is 1. The number of hydrogen-bond acceptors (Lipinski definition) is 5. The number of fused-ring (bicyclic) bond motifs is 1. The summed E-state index contributed by atoms with van der Waals surface area (Å²) < 4.78 is 25.3. The SMILES string of the molecule is C=CC(=O)N1CC(N(C)c2cccc3c2cc(C2=CCC(S(C)(=O)=O)CC2)n3C(N)=O)C1. The minimum atomic E-state index is -3.10. The number of carbonyl (C=O) groups is 2. The molecule has 8 nitrogen and oxygen atoms in total. The number of aromatic nitrogens is 1. The molecule has 1 aliphatic carbocycles. The second kappa shape index (κ2) is 8.12. The summed E-state index contributed by atoms with van der Waals surface area (Å²) in [4.78, 5) is 28.0. The standard InChI is InChI=1S/C23H28N4O4S/c1-4-22(28)26-13-16(14-26)25(2)19-6-5-7-20-18(19)12-21(27(20)23(24)29)15-8-10-17(11-9-15)32(3,30)31/h4-8,12,16-17H,1,9-11,13-14H2,2-3H3,(H2,24,29). The predicted molar refractivity (Wildman–Crippen MR) is 126 cm³/mol. The minimum Gasteiger partial charge on any atom is -0.367 e. The quantitative estimate of drug-likeness (QED) is 0.696. The van der Waals surface area contributed by atoms with Gasteiger partial charge in [-0.3, -0.25) is 9.36 Å². The molecule has 1 fully saturated rings. The number of amides is 2. The van der Waals surface area contributed by atoms with E-state index in [1.54, 1.807) is 4.90 Å². The lowest BCUT2D eigenvalue weighted by Crippen LogP contribution is -2.60. The summed E-state index contributed by atoms with van der Waals surface area (Å²) in [5.74, 6) is -0.0772. The van der Waals surface area contributed by atoms with E-state index in [9.17, 15) is 18.0 Å². The monoisotopic (exact) mass is 456 g/mol. The average Bonchev–Trinajstić information content (AvgIpc) is 3.11. The number of primary amides is 1. The topological polar surface area (TPSA) is 106 Å². The number of hydrogen-bond donors (Lipinski definition) is 1. The van der Waals surface area contributed by atoms with Crippen LogP contribution in [0.5, 0.6) is 0 Å². The zero-order chi connectivity index (χ0) is 23.2. The first-order valence-electron chi connectivity index (χ1n) is 10.6. The highest BCUT2D eigenvalue weighted by molar-refractivity contribution is 7.91. The number of likely N-dealkylation sites (tertiary alicyclic amines) is 1. The molecule has 1 aliphatic heterocycles. The fourth-order valence-corrected chi connectivity index (χ4v) is 5.63. The molecule has 0 spiro atoms. The van der Waals surface area contributed by atoms with Crippen molar-refractivity contribution in [3.63, 3.8) is 0 Å². The number of carbonyl (C=O) groups excluding carboxylic acids is 2. The van der Waals surface area contributed by atoms with Crippen LogP contribution in [-0.2, 0) is 14.6 Å². The highest BCUT2D eigenvalue weighted by atomic mass is 32.2. The van der Waals surface area contributed by atoms with Crippen molar-refractivity contribution in [2.45, 2.75) is 30.6 Å². The molecule has 2 heterocycles. The summed E-state index contributed by atoms with van der Waals surface area (Å²) in [6.45, 7) is 4.75. The average molecular weight is 457 g/mol. The van der Waals surface area contributed by atoms with Crippen molar-refractivity contribution in [3.8, 4) is 0 Å². The van der Waals surface area contributed by atoms with Crippen molar-refractivity contribution in [2.75, 3.05) is 31.3 Å². The van der Waals surface area contributed by atoms with Crippen LogP contribution >= 0.6 is 0 Å². The molecule has 1 saturated heterocycles. The fourth-order valence-electron chi connectivity index (χ4n) is 4.63. The van der Waals surface area contributed by atoms with E-state index < -0.39 is 15.9 Å². The number of nitrogens with zero attached hydrogens (tertiary/aromatic N) is 3. The summed E-state index contributed by atoms with van der Waals surface area (Å²) in [5.41, 5.74) is 9.05. The van der Waals surface area contributed by atoms with Crippen molar-refractivity contribution in [3.05, 3.63) is 48.7 Å². The van der Waals surface area contributed by atoms with Gasteiger partial charge in [-0.1, -0.05) is 18.7 Å². The molecule has 0 bridgehead atoms. The molecule has 0 saturated carbocycles. The molecule has 1 atom stereocenters. The van der Waals surface area contributed by atoms with E-state index in [2.05, 4.69) is 11.5 Å². The van der Waals surface area contributed by atoms with Crippen molar-refractivity contribution in [1.82, 2.24) is 9.47 Å². The van der Waals surface area contributed by atoms with Crippen LogP contribution in [0, 0.1) is 0 Å². The minimum absolute atomic E-state index is 0.0772. The predicted octanol–water partition coefficient (Wildman–Crippen LogP) is 2.38. The third kappa shape index (κ3) is 3.81. The summed E-state index contributed by atoms with van der Waals surface area (Å²) in [7, 11) is -1.12. The van der Waals surface area contributed by atoms with Gasteiger partial charge in [0, 0.05) is 37.5 Å². The molecule has 9 heteroatoms. The zero-order valence-corrected chi connectivity index (χ0v) is 19.1. The maximum absolute atomic E-state index is 12.4. The highest BCUT2D eigenvalue weighted by Crippen LogP contribution is 2.37. The maximum Gasteiger partial charge on any atom is 0.323 e. The van der Waals surface area contributed by atoms with Gasteiger partial charge >= 0.3 is 6.03 Å². The molecule has 2 aromatic rings. The van der Waals surface area contributed by atoms with Gasteiger partial charge in [0.05, 0.1) is 22.5 Å². The van der Waals surface area contributed by atoms with Crippen molar-refractivity contribution in [2.24, 2.45) is 5.73 Å². The molecule has 1 aromatic heterocycles. The Hall–Kier alpha value is -3.07. The summed E-state index contributed by atoms with van der Waals surface area (Å²) in [6, 6.07) is 7.28. The molecule has 1 unspecified atom stereocenters. The Kier molecular flexibility index (Phi) is 5.62. The number of likely N-dealkylation sites (N-methyl/N-ethyl adjacent to an activating group) is 1. The Bertz CT molecular complexity index is 1240. The summed E-state index contributed by atoms with van der Waals surface area (Å²) in [6.07, 6.45) is 6.01. The van der Waals surface area contributed by atoms with Gasteiger partial charge in [0.15, 0.2) is 9.84 Å². The Balaban J connectivity index is 1.70. The highest BCUT2D eigenvalue weighted by Gasteiger charge is 2.33. The molecular formula is C23H28N4O4S. The Morgan fingerprint density at radius 1 is 1.28 bits per heavy atom. The molecular weight excluding hydrogens is 428 g/mol. The lowest BCUT2D eigenvalue weighted by atomic mass is 9.96. The number of nitrogens with two attached hydrogens (primary N) is 1. The molecule has 2 N–H and O–H groups in total. The number of allylic oxidation sites excluding steroid dienone is 2. The van der Waals surface area contributed by atoms with Crippen molar-refractivity contribution in [1.29, 1.82) is 0 Å². The number of anilines is 1. The van der Waals surface area contributed by atoms with Crippen LogP contribution in [0.1, 0.15) is 25.0 Å². The summed E-state index contributed by atoms with van der Waals surface area (Å²) >= 11 is 0. The third-order valence-corrected chi connectivity index (χ3v) is 8.26. The first-order valence-corrected chi connectivity index (χ1v) is 12.5. The van der Waals surface area contributed by atoms with Crippen LogP contribution in [0.4, 0.5) is 10.5 Å². The lowest BCUT2D eigenvalue weighted by molar-refractivity contribution is -0.130. The van der Waals surface area contributed by atoms with Gasteiger partial charge in [-0.25, -0.2) is 13.2 Å². The van der Waals surface area contributed by atoms with Gasteiger partial charge in [-0.2, -0.15) is 0 Å². The number of rotatable bonds is 5. The zero-order valence-electron chi connectivity index (χ0n) is 18.3. The molecule has 2 amide bonds. The van der Waals surface area contributed by atoms with Gasteiger partial charge in [-0.05, 0) is 49.1 Å². The van der Waals surface area contributed by atoms with Crippen LogP contribution in [0.3, 0.4) is 0 Å². The first-order chi connectivity index (χ1) is 15.1. The third-order valence-electron chi connectivity index (χ3n) is 6.62. The van der Waals surface area contributed by atoms with E-state index in [0.717, 1.165) is 16.6 Å². The molecule has 2 aliphatic rings. The Labute approximate surface area is 187 Å². The second-order valence-electron chi connectivity index (χ2n) is 8.58. The molecule has 32 heavy (non-hydrogen) atoms. The van der Waals surface area contributed by atoms with Crippen molar-refractivity contribution >= 4 is 43.9 Å². The van der Waals surface area contributed by atoms with Crippen LogP contribution in [-0.4, -0.2) is 67.5 Å². The largest absolute Gasteiger partial charge is 0.367 e. The van der Waals surface area contributed by atoms with E-state index in [0.29, 0.717) is 43.6 Å². The van der Waals surface area contributed by atoms with Crippen LogP contribution in [0.15, 0.2) is 43.0 Å². The van der Waals surface area contributed by atoms with Gasteiger partial charge < -0.3 is 15.5 Å².